The number of nitrogens with zero attached hydrogens (tertiary/aromatic N) is 2. The summed E-state index contributed by atoms with van der Waals surface area (Å²) in [6.07, 6.45) is 2.38. The molecular formula is C14H19N3. The summed E-state index contributed by atoms with van der Waals surface area (Å²) in [5, 5.41) is 12.4. The molecule has 1 fully saturated rings. The van der Waals surface area contributed by atoms with E-state index >= 15 is 0 Å². The van der Waals surface area contributed by atoms with Gasteiger partial charge >= 0.3 is 0 Å². The van der Waals surface area contributed by atoms with Crippen molar-refractivity contribution in [3.05, 3.63) is 29.3 Å². The zero-order valence-corrected chi connectivity index (χ0v) is 10.5. The van der Waals surface area contributed by atoms with Crippen LogP contribution in [0.2, 0.25) is 0 Å². The van der Waals surface area contributed by atoms with Gasteiger partial charge in [0.15, 0.2) is 0 Å². The van der Waals surface area contributed by atoms with Crippen molar-refractivity contribution < 1.29 is 0 Å². The van der Waals surface area contributed by atoms with Gasteiger partial charge in [0.1, 0.15) is 0 Å². The third-order valence-electron chi connectivity index (χ3n) is 3.44. The summed E-state index contributed by atoms with van der Waals surface area (Å²) in [5.74, 6) is 0. The largest absolute Gasteiger partial charge is 0.382 e. The molecule has 0 radical (unpaired) electrons. The van der Waals surface area contributed by atoms with E-state index in [-0.39, 0.29) is 0 Å². The molecule has 0 aromatic heterocycles. The lowest BCUT2D eigenvalue weighted by molar-refractivity contribution is 0.264. The Morgan fingerprint density at radius 1 is 1.35 bits per heavy atom. The summed E-state index contributed by atoms with van der Waals surface area (Å²) >= 11 is 0. The second-order valence-electron chi connectivity index (χ2n) is 4.86. The van der Waals surface area contributed by atoms with Gasteiger partial charge in [-0.05, 0) is 63.7 Å². The predicted octanol–water partition coefficient (Wildman–Crippen LogP) is 2.37. The van der Waals surface area contributed by atoms with Crippen LogP contribution >= 0.6 is 0 Å². The second kappa shape index (κ2) is 5.20. The summed E-state index contributed by atoms with van der Waals surface area (Å²) in [4.78, 5) is 2.36. The van der Waals surface area contributed by atoms with Crippen LogP contribution < -0.4 is 5.32 Å². The molecule has 1 aliphatic rings. The van der Waals surface area contributed by atoms with Crippen molar-refractivity contribution in [3.8, 4) is 6.07 Å². The Bertz CT molecular complexity index is 426. The third kappa shape index (κ3) is 2.98. The van der Waals surface area contributed by atoms with Gasteiger partial charge in [0.05, 0.1) is 11.6 Å². The first-order valence-electron chi connectivity index (χ1n) is 6.15. The molecule has 0 saturated carbocycles. The van der Waals surface area contributed by atoms with Crippen LogP contribution in [0.25, 0.3) is 0 Å². The molecule has 2 rings (SSSR count). The molecule has 90 valence electrons. The second-order valence-corrected chi connectivity index (χ2v) is 4.86. The number of likely N-dealkylation sites (tertiary alicyclic amines) is 1. The average Bonchev–Trinajstić information content (AvgIpc) is 2.32. The topological polar surface area (TPSA) is 39.1 Å². The molecule has 3 heteroatoms. The molecule has 0 bridgehead atoms. The van der Waals surface area contributed by atoms with E-state index in [1.54, 1.807) is 0 Å². The molecule has 0 amide bonds. The number of aryl methyl sites for hydroxylation is 1. The van der Waals surface area contributed by atoms with E-state index < -0.39 is 0 Å². The molecule has 1 saturated heterocycles. The summed E-state index contributed by atoms with van der Waals surface area (Å²) in [7, 11) is 2.17. The van der Waals surface area contributed by atoms with E-state index in [0.717, 1.165) is 29.9 Å². The predicted molar refractivity (Wildman–Crippen MR) is 70.0 cm³/mol. The van der Waals surface area contributed by atoms with Gasteiger partial charge in [-0.2, -0.15) is 5.26 Å². The van der Waals surface area contributed by atoms with Crippen molar-refractivity contribution in [1.29, 1.82) is 5.26 Å². The maximum atomic E-state index is 8.88. The fraction of sp³-hybridized carbons (Fsp3) is 0.500. The standard InChI is InChI=1S/C14H19N3/c1-11-9-14(4-3-12(11)10-15)16-13-5-7-17(2)8-6-13/h3-4,9,13,16H,5-8H2,1-2H3. The molecule has 1 aromatic carbocycles. The van der Waals surface area contributed by atoms with Gasteiger partial charge in [-0.1, -0.05) is 0 Å². The number of rotatable bonds is 2. The van der Waals surface area contributed by atoms with Gasteiger partial charge in [0, 0.05) is 11.7 Å². The molecule has 1 aliphatic heterocycles. The monoisotopic (exact) mass is 229 g/mol. The zero-order valence-electron chi connectivity index (χ0n) is 10.5. The first kappa shape index (κ1) is 11.9. The smallest absolute Gasteiger partial charge is 0.0994 e. The van der Waals surface area contributed by atoms with Gasteiger partial charge in [0.2, 0.25) is 0 Å². The van der Waals surface area contributed by atoms with Crippen molar-refractivity contribution >= 4 is 5.69 Å². The zero-order chi connectivity index (χ0) is 12.3. The highest BCUT2D eigenvalue weighted by molar-refractivity contribution is 5.52. The summed E-state index contributed by atoms with van der Waals surface area (Å²) in [6.45, 7) is 4.30. The van der Waals surface area contributed by atoms with Crippen molar-refractivity contribution in [2.45, 2.75) is 25.8 Å². The number of piperidine rings is 1. The van der Waals surface area contributed by atoms with Gasteiger partial charge in [0.25, 0.3) is 0 Å². The van der Waals surface area contributed by atoms with Crippen LogP contribution in [0.3, 0.4) is 0 Å². The SMILES string of the molecule is Cc1cc(NC2CCN(C)CC2)ccc1C#N. The van der Waals surface area contributed by atoms with Crippen molar-refractivity contribution in [2.75, 3.05) is 25.5 Å². The number of hydrogen-bond donors (Lipinski definition) is 1. The van der Waals surface area contributed by atoms with Gasteiger partial charge in [-0.25, -0.2) is 0 Å². The van der Waals surface area contributed by atoms with Crippen LogP contribution in [0.4, 0.5) is 5.69 Å². The molecule has 0 atom stereocenters. The Morgan fingerprint density at radius 2 is 2.06 bits per heavy atom. The maximum absolute atomic E-state index is 8.88. The molecule has 17 heavy (non-hydrogen) atoms. The lowest BCUT2D eigenvalue weighted by Crippen LogP contribution is -2.36. The first-order valence-corrected chi connectivity index (χ1v) is 6.15. The van der Waals surface area contributed by atoms with Crippen LogP contribution in [-0.4, -0.2) is 31.1 Å². The van der Waals surface area contributed by atoms with Gasteiger partial charge < -0.3 is 10.2 Å². The Labute approximate surface area is 103 Å². The average molecular weight is 229 g/mol. The number of benzene rings is 1. The van der Waals surface area contributed by atoms with Crippen molar-refractivity contribution in [2.24, 2.45) is 0 Å². The minimum absolute atomic E-state index is 0.568. The Balaban J connectivity index is 2.00. The minimum Gasteiger partial charge on any atom is -0.382 e. The lowest BCUT2D eigenvalue weighted by Gasteiger charge is -2.30. The lowest BCUT2D eigenvalue weighted by atomic mass is 10.0. The molecule has 1 N–H and O–H groups in total. The summed E-state index contributed by atoms with van der Waals surface area (Å²) in [5.41, 5.74) is 2.94. The number of nitrogens with one attached hydrogen (secondary N) is 1. The third-order valence-corrected chi connectivity index (χ3v) is 3.44. The van der Waals surface area contributed by atoms with E-state index in [2.05, 4.69) is 29.4 Å². The molecular weight excluding hydrogens is 210 g/mol. The van der Waals surface area contributed by atoms with E-state index in [1.165, 1.54) is 12.8 Å². The van der Waals surface area contributed by atoms with Crippen LogP contribution in [0.5, 0.6) is 0 Å². The number of anilines is 1. The van der Waals surface area contributed by atoms with E-state index in [9.17, 15) is 0 Å². The highest BCUT2D eigenvalue weighted by atomic mass is 15.1. The first-order chi connectivity index (χ1) is 8.19. The molecule has 0 spiro atoms. The Morgan fingerprint density at radius 3 is 2.65 bits per heavy atom. The van der Waals surface area contributed by atoms with Gasteiger partial charge in [-0.3, -0.25) is 0 Å². The van der Waals surface area contributed by atoms with E-state index in [1.807, 2.05) is 19.1 Å². The van der Waals surface area contributed by atoms with E-state index in [4.69, 9.17) is 5.26 Å². The number of hydrogen-bond acceptors (Lipinski definition) is 3. The maximum Gasteiger partial charge on any atom is 0.0994 e. The highest BCUT2D eigenvalue weighted by Crippen LogP contribution is 2.18. The summed E-state index contributed by atoms with van der Waals surface area (Å²) < 4.78 is 0. The summed E-state index contributed by atoms with van der Waals surface area (Å²) in [6, 6.07) is 8.73. The van der Waals surface area contributed by atoms with E-state index in [0.29, 0.717) is 6.04 Å². The molecule has 0 aliphatic carbocycles. The fourth-order valence-electron chi connectivity index (χ4n) is 2.27. The molecule has 1 heterocycles. The Hall–Kier alpha value is -1.53. The molecule has 0 unspecified atom stereocenters. The van der Waals surface area contributed by atoms with Crippen LogP contribution in [0.1, 0.15) is 24.0 Å². The number of nitriles is 1. The van der Waals surface area contributed by atoms with Crippen LogP contribution in [0, 0.1) is 18.3 Å². The van der Waals surface area contributed by atoms with Crippen LogP contribution in [0.15, 0.2) is 18.2 Å². The van der Waals surface area contributed by atoms with Crippen LogP contribution in [-0.2, 0) is 0 Å². The van der Waals surface area contributed by atoms with Gasteiger partial charge in [-0.15, -0.1) is 0 Å². The van der Waals surface area contributed by atoms with Crippen molar-refractivity contribution in [3.63, 3.8) is 0 Å². The Kier molecular flexibility index (Phi) is 3.65. The minimum atomic E-state index is 0.568. The normalized spacial score (nSPS) is 17.7. The fourth-order valence-corrected chi connectivity index (χ4v) is 2.27. The molecule has 1 aromatic rings. The molecule has 3 nitrogen and oxygen atoms in total. The van der Waals surface area contributed by atoms with Crippen molar-refractivity contribution in [1.82, 2.24) is 4.90 Å². The highest BCUT2D eigenvalue weighted by Gasteiger charge is 2.16. The quantitative estimate of drug-likeness (QED) is 0.846.